The summed E-state index contributed by atoms with van der Waals surface area (Å²) >= 11 is 9.53. The number of aromatic nitrogens is 1. The van der Waals surface area contributed by atoms with Crippen LogP contribution in [-0.4, -0.2) is 52.2 Å². The molecule has 1 aromatic heterocycles. The normalized spacial score (nSPS) is 13.2. The number of carbonyl (C=O) groups is 3. The van der Waals surface area contributed by atoms with Gasteiger partial charge in [-0.1, -0.05) is 25.3 Å². The van der Waals surface area contributed by atoms with Crippen molar-refractivity contribution in [2.24, 2.45) is 7.05 Å². The van der Waals surface area contributed by atoms with Crippen LogP contribution in [0.5, 0.6) is 5.75 Å². The number of carboxylic acids is 1. The molecule has 0 radical (unpaired) electrons. The van der Waals surface area contributed by atoms with Gasteiger partial charge in [-0.2, -0.15) is 0 Å². The number of fused-ring (bicyclic) bond motifs is 1. The first-order chi connectivity index (χ1) is 20.2. The molecule has 1 saturated carbocycles. The van der Waals surface area contributed by atoms with Crippen molar-refractivity contribution in [2.75, 3.05) is 19.1 Å². The van der Waals surface area contributed by atoms with E-state index in [2.05, 4.69) is 0 Å². The number of ether oxygens (including phenoxy) is 3. The summed E-state index contributed by atoms with van der Waals surface area (Å²) in [6.07, 6.45) is 5.61. The average Bonchev–Trinajstić information content (AvgIpc) is 3.22. The molecule has 0 aliphatic heterocycles. The van der Waals surface area contributed by atoms with E-state index in [1.54, 1.807) is 32.9 Å². The number of methoxy groups -OCH3 is 1. The number of esters is 2. The zero-order chi connectivity index (χ0) is 32.3. The van der Waals surface area contributed by atoms with E-state index >= 15 is 0 Å². The first kappa shape index (κ1) is 35.9. The summed E-state index contributed by atoms with van der Waals surface area (Å²) in [5.41, 5.74) is 3.46. The molecule has 1 N–H and O–H groups in total. The minimum absolute atomic E-state index is 0.194. The summed E-state index contributed by atoms with van der Waals surface area (Å²) in [6.45, 7) is 6.11. The topological polar surface area (TPSA) is 104 Å². The van der Waals surface area contributed by atoms with Crippen molar-refractivity contribution in [2.45, 2.75) is 71.3 Å². The number of aliphatic carboxylic acids is 1. The molecule has 0 unspecified atom stereocenters. The van der Waals surface area contributed by atoms with Gasteiger partial charge in [0, 0.05) is 36.5 Å². The number of carboxylic acid groups (broad SMARTS) is 1. The fourth-order valence-corrected chi connectivity index (χ4v) is 5.16. The Bertz CT molecular complexity index is 1400. The Morgan fingerprint density at radius 3 is 2.21 bits per heavy atom. The predicted molar refractivity (Wildman–Crippen MR) is 167 cm³/mol. The number of carbonyl (C=O) groups excluding carboxylic acids is 2. The molecule has 0 bridgehead atoms. The van der Waals surface area contributed by atoms with E-state index < -0.39 is 29.3 Å². The van der Waals surface area contributed by atoms with Crippen molar-refractivity contribution in [1.29, 1.82) is 0 Å². The van der Waals surface area contributed by atoms with E-state index in [1.807, 2.05) is 23.7 Å². The molecule has 43 heavy (non-hydrogen) atoms. The molecule has 0 amide bonds. The molecule has 1 aliphatic carbocycles. The third-order valence-corrected chi connectivity index (χ3v) is 6.64. The fraction of sp³-hybridized carbons (Fsp3) is 0.469. The van der Waals surface area contributed by atoms with Crippen LogP contribution in [0.4, 0.5) is 4.39 Å². The van der Waals surface area contributed by atoms with E-state index in [0.717, 1.165) is 54.8 Å². The third kappa shape index (κ3) is 10.4. The second-order valence-electron chi connectivity index (χ2n) is 11.0. The number of rotatable bonds is 6. The van der Waals surface area contributed by atoms with Crippen molar-refractivity contribution in [3.63, 3.8) is 0 Å². The molecule has 1 aliphatic rings. The van der Waals surface area contributed by atoms with Crippen LogP contribution in [0.15, 0.2) is 36.4 Å². The number of alkyl halides is 2. The van der Waals surface area contributed by atoms with Gasteiger partial charge in [0.2, 0.25) is 0 Å². The zero-order valence-corrected chi connectivity index (χ0v) is 27.0. The van der Waals surface area contributed by atoms with Crippen molar-refractivity contribution in [3.05, 3.63) is 53.3 Å². The Labute approximate surface area is 262 Å². The van der Waals surface area contributed by atoms with Gasteiger partial charge in [0.1, 0.15) is 17.2 Å². The second kappa shape index (κ2) is 16.5. The highest BCUT2D eigenvalue weighted by Gasteiger charge is 2.28. The van der Waals surface area contributed by atoms with Crippen LogP contribution in [0.3, 0.4) is 0 Å². The van der Waals surface area contributed by atoms with Gasteiger partial charge in [0.05, 0.1) is 23.7 Å². The zero-order valence-electron chi connectivity index (χ0n) is 25.5. The predicted octanol–water partition coefficient (Wildman–Crippen LogP) is 8.05. The van der Waals surface area contributed by atoms with Crippen molar-refractivity contribution in [3.8, 4) is 17.0 Å². The maximum Gasteiger partial charge on any atom is 0.344 e. The maximum absolute atomic E-state index is 14.3. The molecule has 11 heteroatoms. The molecule has 0 atom stereocenters. The summed E-state index contributed by atoms with van der Waals surface area (Å²) < 4.78 is 32.5. The van der Waals surface area contributed by atoms with Crippen LogP contribution >= 0.6 is 23.2 Å². The standard InChI is InChI=1S/C29H34FNO5.C2H4O2.CH2Cl2/c1-29(2,3)36-25(32)17-35-24-16-20(30)12-14-22(24)27-26(18-9-7-6-8-10-18)21-13-11-19(28(33)34-5)15-23(21)31(27)4;1-2(3)4;2-1-3/h11-16,18H,6-10,17H2,1-5H3;1H3,(H,3,4);1H2. The number of aryl methyl sites for hydroxylation is 1. The number of benzene rings is 2. The lowest BCUT2D eigenvalue weighted by Crippen LogP contribution is -2.27. The van der Waals surface area contributed by atoms with Gasteiger partial charge in [-0.25, -0.2) is 14.0 Å². The number of hydrogen-bond acceptors (Lipinski definition) is 6. The van der Waals surface area contributed by atoms with Gasteiger partial charge in [0.25, 0.3) is 5.97 Å². The Kier molecular flexibility index (Phi) is 13.8. The van der Waals surface area contributed by atoms with Crippen molar-refractivity contribution < 1.29 is 38.1 Å². The second-order valence-corrected chi connectivity index (χ2v) is 11.8. The minimum Gasteiger partial charge on any atom is -0.481 e. The molecule has 3 aromatic rings. The quantitative estimate of drug-likeness (QED) is 0.215. The summed E-state index contributed by atoms with van der Waals surface area (Å²) in [7, 11) is 3.30. The van der Waals surface area contributed by atoms with Crippen LogP contribution < -0.4 is 4.74 Å². The molecular weight excluding hydrogens is 600 g/mol. The van der Waals surface area contributed by atoms with Crippen LogP contribution in [0.2, 0.25) is 0 Å². The summed E-state index contributed by atoms with van der Waals surface area (Å²) in [5.74, 6) is -1.61. The van der Waals surface area contributed by atoms with Gasteiger partial charge in [-0.05, 0) is 69.4 Å². The molecular formula is C32H40Cl2FNO7. The van der Waals surface area contributed by atoms with E-state index in [9.17, 15) is 14.0 Å². The third-order valence-electron chi connectivity index (χ3n) is 6.64. The van der Waals surface area contributed by atoms with E-state index in [4.69, 9.17) is 47.3 Å². The lowest BCUT2D eigenvalue weighted by Gasteiger charge is -2.24. The van der Waals surface area contributed by atoms with E-state index in [1.165, 1.54) is 25.7 Å². The molecule has 0 saturated heterocycles. The Morgan fingerprint density at radius 2 is 1.65 bits per heavy atom. The molecule has 0 spiro atoms. The highest BCUT2D eigenvalue weighted by molar-refractivity contribution is 6.40. The molecule has 1 fully saturated rings. The van der Waals surface area contributed by atoms with Gasteiger partial charge in [0.15, 0.2) is 6.61 Å². The van der Waals surface area contributed by atoms with Gasteiger partial charge < -0.3 is 23.9 Å². The smallest absolute Gasteiger partial charge is 0.344 e. The molecule has 236 valence electrons. The van der Waals surface area contributed by atoms with Crippen LogP contribution in [0.1, 0.15) is 81.6 Å². The number of halogens is 3. The van der Waals surface area contributed by atoms with Gasteiger partial charge in [-0.15, -0.1) is 23.2 Å². The van der Waals surface area contributed by atoms with Gasteiger partial charge in [-0.3, -0.25) is 4.79 Å². The van der Waals surface area contributed by atoms with Crippen molar-refractivity contribution in [1.82, 2.24) is 4.57 Å². The van der Waals surface area contributed by atoms with E-state index in [0.29, 0.717) is 17.0 Å². The SMILES string of the molecule is CC(=O)O.COC(=O)c1ccc2c(C3CCCCC3)c(-c3ccc(F)cc3OCC(=O)OC(C)(C)C)n(C)c2c1.ClCCl. The van der Waals surface area contributed by atoms with Crippen molar-refractivity contribution >= 4 is 52.0 Å². The highest BCUT2D eigenvalue weighted by atomic mass is 35.5. The number of nitrogens with zero attached hydrogens (tertiary/aromatic N) is 1. The molecule has 4 rings (SSSR count). The van der Waals surface area contributed by atoms with Crippen LogP contribution in [0.25, 0.3) is 22.2 Å². The lowest BCUT2D eigenvalue weighted by molar-refractivity contribution is -0.157. The van der Waals surface area contributed by atoms with Gasteiger partial charge >= 0.3 is 11.9 Å². The number of hydrogen-bond donors (Lipinski definition) is 1. The Hall–Kier alpha value is -3.30. The highest BCUT2D eigenvalue weighted by Crippen LogP contribution is 2.46. The monoisotopic (exact) mass is 639 g/mol. The minimum atomic E-state index is -0.833. The lowest BCUT2D eigenvalue weighted by atomic mass is 9.81. The molecule has 8 nitrogen and oxygen atoms in total. The fourth-order valence-electron chi connectivity index (χ4n) is 5.16. The van der Waals surface area contributed by atoms with E-state index in [-0.39, 0.29) is 17.7 Å². The summed E-state index contributed by atoms with van der Waals surface area (Å²) in [4.78, 5) is 33.6. The largest absolute Gasteiger partial charge is 0.481 e. The molecule has 2 aromatic carbocycles. The summed E-state index contributed by atoms with van der Waals surface area (Å²) in [5, 5.41) is 8.66. The molecule has 1 heterocycles. The maximum atomic E-state index is 14.3. The Morgan fingerprint density at radius 1 is 1.05 bits per heavy atom. The average molecular weight is 641 g/mol. The first-order valence-electron chi connectivity index (χ1n) is 13.9. The first-order valence-corrected chi connectivity index (χ1v) is 15.0. The summed E-state index contributed by atoms with van der Waals surface area (Å²) in [6, 6.07) is 10.00. The van der Waals surface area contributed by atoms with Crippen LogP contribution in [-0.2, 0) is 26.1 Å². The van der Waals surface area contributed by atoms with Crippen LogP contribution in [0, 0.1) is 5.82 Å². The Balaban J connectivity index is 0.000000836.